The smallest absolute Gasteiger partial charge is 0.207 e. The van der Waals surface area contributed by atoms with Crippen LogP contribution in [0.15, 0.2) is 29.2 Å². The lowest BCUT2D eigenvalue weighted by Gasteiger charge is -2.21. The van der Waals surface area contributed by atoms with E-state index in [4.69, 9.17) is 0 Å². The number of hydrogen-bond donors (Lipinski definition) is 0. The summed E-state index contributed by atoms with van der Waals surface area (Å²) in [4.78, 5) is -0.693. The molecule has 1 aromatic carbocycles. The lowest BCUT2D eigenvalue weighted by atomic mass is 10.2. The van der Waals surface area contributed by atoms with E-state index in [0.717, 1.165) is 16.4 Å². The van der Waals surface area contributed by atoms with Gasteiger partial charge in [0.05, 0.1) is 10.5 Å². The minimum absolute atomic E-state index is 0.130. The van der Waals surface area contributed by atoms with E-state index in [1.165, 1.54) is 12.1 Å². The standard InChI is InChI=1S/C11H14F3NO2S/c1-3-15(4-2)18(16,17)10-8-6-5-7-9(10)11(12,13)14/h5-8H,3-4H2,1-2H3. The topological polar surface area (TPSA) is 37.4 Å². The van der Waals surface area contributed by atoms with Gasteiger partial charge in [0.1, 0.15) is 0 Å². The molecule has 0 aromatic heterocycles. The van der Waals surface area contributed by atoms with Crippen molar-refractivity contribution in [1.29, 1.82) is 0 Å². The van der Waals surface area contributed by atoms with E-state index < -0.39 is 26.7 Å². The van der Waals surface area contributed by atoms with Gasteiger partial charge in [0, 0.05) is 13.1 Å². The van der Waals surface area contributed by atoms with Crippen molar-refractivity contribution in [3.8, 4) is 0 Å². The average molecular weight is 281 g/mol. The predicted molar refractivity (Wildman–Crippen MR) is 61.6 cm³/mol. The van der Waals surface area contributed by atoms with Gasteiger partial charge >= 0.3 is 6.18 Å². The summed E-state index contributed by atoms with van der Waals surface area (Å²) < 4.78 is 63.5. The van der Waals surface area contributed by atoms with Gasteiger partial charge in [-0.25, -0.2) is 8.42 Å². The third-order valence-corrected chi connectivity index (χ3v) is 4.62. The van der Waals surface area contributed by atoms with Crippen LogP contribution in [0.25, 0.3) is 0 Å². The highest BCUT2D eigenvalue weighted by molar-refractivity contribution is 7.89. The molecule has 0 fully saturated rings. The Morgan fingerprint density at radius 3 is 2.06 bits per heavy atom. The maximum absolute atomic E-state index is 12.8. The molecule has 0 saturated carbocycles. The van der Waals surface area contributed by atoms with E-state index in [-0.39, 0.29) is 13.1 Å². The van der Waals surface area contributed by atoms with Crippen molar-refractivity contribution in [1.82, 2.24) is 4.31 Å². The van der Waals surface area contributed by atoms with Crippen LogP contribution >= 0.6 is 0 Å². The highest BCUT2D eigenvalue weighted by Gasteiger charge is 2.38. The first kappa shape index (κ1) is 15.0. The molecule has 0 bridgehead atoms. The summed E-state index contributed by atoms with van der Waals surface area (Å²) in [6.45, 7) is 3.42. The third kappa shape index (κ3) is 2.84. The molecular formula is C11H14F3NO2S. The number of hydrogen-bond acceptors (Lipinski definition) is 2. The second-order valence-corrected chi connectivity index (χ2v) is 5.49. The van der Waals surface area contributed by atoms with Gasteiger partial charge in [-0.05, 0) is 12.1 Å². The Balaban J connectivity index is 3.43. The summed E-state index contributed by atoms with van der Waals surface area (Å²) in [7, 11) is -4.10. The van der Waals surface area contributed by atoms with Crippen LogP contribution in [0.5, 0.6) is 0 Å². The Bertz CT molecular complexity index is 507. The fourth-order valence-electron chi connectivity index (χ4n) is 1.63. The monoisotopic (exact) mass is 281 g/mol. The van der Waals surface area contributed by atoms with Gasteiger partial charge in [0.2, 0.25) is 10.0 Å². The zero-order valence-electron chi connectivity index (χ0n) is 10.0. The van der Waals surface area contributed by atoms with Crippen molar-refractivity contribution in [2.24, 2.45) is 0 Å². The van der Waals surface area contributed by atoms with Crippen LogP contribution in [-0.2, 0) is 16.2 Å². The quantitative estimate of drug-likeness (QED) is 0.851. The maximum atomic E-state index is 12.8. The number of alkyl halides is 3. The molecule has 0 aliphatic heterocycles. The molecule has 0 radical (unpaired) electrons. The SMILES string of the molecule is CCN(CC)S(=O)(=O)c1ccccc1C(F)(F)F. The largest absolute Gasteiger partial charge is 0.417 e. The van der Waals surface area contributed by atoms with Crippen LogP contribution in [0.4, 0.5) is 13.2 Å². The minimum Gasteiger partial charge on any atom is -0.207 e. The van der Waals surface area contributed by atoms with E-state index in [0.29, 0.717) is 0 Å². The van der Waals surface area contributed by atoms with Crippen LogP contribution in [0.2, 0.25) is 0 Å². The Morgan fingerprint density at radius 1 is 1.11 bits per heavy atom. The summed E-state index contributed by atoms with van der Waals surface area (Å²) in [5, 5.41) is 0. The Kier molecular flexibility index (Phi) is 4.39. The lowest BCUT2D eigenvalue weighted by molar-refractivity contribution is -0.139. The summed E-state index contributed by atoms with van der Waals surface area (Å²) in [6, 6.07) is 4.21. The number of sulfonamides is 1. The molecule has 102 valence electrons. The first-order valence-electron chi connectivity index (χ1n) is 5.41. The predicted octanol–water partition coefficient (Wildman–Crippen LogP) is 2.74. The van der Waals surface area contributed by atoms with E-state index in [9.17, 15) is 21.6 Å². The molecule has 0 amide bonds. The van der Waals surface area contributed by atoms with Gasteiger partial charge < -0.3 is 0 Å². The van der Waals surface area contributed by atoms with E-state index in [1.807, 2.05) is 0 Å². The Labute approximate surface area is 104 Å². The van der Waals surface area contributed by atoms with Crippen LogP contribution in [0.1, 0.15) is 19.4 Å². The molecule has 7 heteroatoms. The first-order valence-corrected chi connectivity index (χ1v) is 6.85. The minimum atomic E-state index is -4.68. The maximum Gasteiger partial charge on any atom is 0.417 e. The lowest BCUT2D eigenvalue weighted by Crippen LogP contribution is -2.32. The molecule has 0 unspecified atom stereocenters. The molecule has 18 heavy (non-hydrogen) atoms. The van der Waals surface area contributed by atoms with E-state index in [1.54, 1.807) is 13.8 Å². The average Bonchev–Trinajstić information content (AvgIpc) is 2.29. The van der Waals surface area contributed by atoms with Gasteiger partial charge in [-0.1, -0.05) is 26.0 Å². The number of benzene rings is 1. The fourth-order valence-corrected chi connectivity index (χ4v) is 3.30. The van der Waals surface area contributed by atoms with Gasteiger partial charge in [-0.15, -0.1) is 0 Å². The van der Waals surface area contributed by atoms with Crippen LogP contribution in [0, 0.1) is 0 Å². The molecule has 0 spiro atoms. The van der Waals surface area contributed by atoms with Crippen LogP contribution < -0.4 is 0 Å². The van der Waals surface area contributed by atoms with Gasteiger partial charge in [-0.2, -0.15) is 17.5 Å². The summed E-state index contributed by atoms with van der Waals surface area (Å²) in [5.74, 6) is 0. The molecule has 3 nitrogen and oxygen atoms in total. The molecule has 0 aliphatic rings. The molecule has 1 aromatic rings. The number of rotatable bonds is 4. The van der Waals surface area contributed by atoms with Crippen LogP contribution in [0.3, 0.4) is 0 Å². The summed E-state index contributed by atoms with van der Waals surface area (Å²) in [5.41, 5.74) is -1.13. The van der Waals surface area contributed by atoms with Gasteiger partial charge in [0.25, 0.3) is 0 Å². The zero-order chi connectivity index (χ0) is 14.0. The molecule has 0 saturated heterocycles. The molecular weight excluding hydrogens is 267 g/mol. The van der Waals surface area contributed by atoms with E-state index >= 15 is 0 Å². The van der Waals surface area contributed by atoms with Crippen molar-refractivity contribution in [3.63, 3.8) is 0 Å². The normalized spacial score (nSPS) is 13.0. The highest BCUT2D eigenvalue weighted by atomic mass is 32.2. The fraction of sp³-hybridized carbons (Fsp3) is 0.455. The molecule has 1 rings (SSSR count). The van der Waals surface area contributed by atoms with Crippen molar-refractivity contribution >= 4 is 10.0 Å². The highest BCUT2D eigenvalue weighted by Crippen LogP contribution is 2.34. The summed E-state index contributed by atoms with van der Waals surface area (Å²) >= 11 is 0. The number of nitrogens with zero attached hydrogens (tertiary/aromatic N) is 1. The van der Waals surface area contributed by atoms with Crippen LogP contribution in [-0.4, -0.2) is 25.8 Å². The Morgan fingerprint density at radius 2 is 1.61 bits per heavy atom. The van der Waals surface area contributed by atoms with Gasteiger partial charge in [0.15, 0.2) is 0 Å². The zero-order valence-corrected chi connectivity index (χ0v) is 10.8. The Hall–Kier alpha value is -1.08. The second kappa shape index (κ2) is 5.27. The molecule has 0 N–H and O–H groups in total. The van der Waals surface area contributed by atoms with Crippen molar-refractivity contribution in [2.45, 2.75) is 24.9 Å². The van der Waals surface area contributed by atoms with Gasteiger partial charge in [-0.3, -0.25) is 0 Å². The number of halogens is 3. The molecule has 0 aliphatic carbocycles. The third-order valence-electron chi connectivity index (χ3n) is 2.52. The van der Waals surface area contributed by atoms with Crippen molar-refractivity contribution in [3.05, 3.63) is 29.8 Å². The summed E-state index contributed by atoms with van der Waals surface area (Å²) in [6.07, 6.45) is -4.68. The molecule has 0 heterocycles. The van der Waals surface area contributed by atoms with E-state index in [2.05, 4.69) is 0 Å². The first-order chi connectivity index (χ1) is 8.25. The molecule has 0 atom stereocenters. The van der Waals surface area contributed by atoms with Crippen molar-refractivity contribution < 1.29 is 21.6 Å². The second-order valence-electron chi connectivity index (χ2n) is 3.58. The van der Waals surface area contributed by atoms with Crippen molar-refractivity contribution in [2.75, 3.05) is 13.1 Å².